The van der Waals surface area contributed by atoms with Crippen LogP contribution in [0, 0.1) is 0 Å². The van der Waals surface area contributed by atoms with Crippen molar-refractivity contribution in [3.05, 3.63) is 46.4 Å². The van der Waals surface area contributed by atoms with Crippen molar-refractivity contribution in [1.82, 2.24) is 30.3 Å². The Morgan fingerprint density at radius 2 is 1.89 bits per heavy atom. The van der Waals surface area contributed by atoms with Crippen LogP contribution in [0.4, 0.5) is 13.2 Å². The Bertz CT molecular complexity index is 1210. The van der Waals surface area contributed by atoms with Crippen molar-refractivity contribution in [1.29, 1.82) is 0 Å². The molecule has 0 aromatic carbocycles. The average Bonchev–Trinajstić information content (AvgIpc) is 3.29. The number of nitrogens with one attached hydrogen (secondary N) is 2. The predicted octanol–water partition coefficient (Wildman–Crippen LogP) is 4.86. The molecular formula is C27H37F3N6O2. The second-order valence-corrected chi connectivity index (χ2v) is 10.2. The van der Waals surface area contributed by atoms with Gasteiger partial charge in [-0.1, -0.05) is 5.57 Å². The van der Waals surface area contributed by atoms with Crippen LogP contribution < -0.4 is 10.6 Å². The van der Waals surface area contributed by atoms with Gasteiger partial charge in [0, 0.05) is 36.4 Å². The van der Waals surface area contributed by atoms with Crippen LogP contribution in [-0.4, -0.2) is 64.3 Å². The third-order valence-corrected chi connectivity index (χ3v) is 6.94. The fourth-order valence-electron chi connectivity index (χ4n) is 4.58. The smallest absolute Gasteiger partial charge is 0.348 e. The Labute approximate surface area is 221 Å². The van der Waals surface area contributed by atoms with Crippen molar-refractivity contribution < 1.29 is 22.8 Å². The highest BCUT2D eigenvalue weighted by Gasteiger charge is 2.30. The van der Waals surface area contributed by atoms with Gasteiger partial charge in [-0.15, -0.1) is 0 Å². The van der Waals surface area contributed by atoms with Gasteiger partial charge in [-0.25, -0.2) is 9.67 Å². The van der Waals surface area contributed by atoms with E-state index < -0.39 is 12.6 Å². The molecule has 1 aliphatic rings. The normalized spacial score (nSPS) is 16.6. The number of allylic oxidation sites excluding steroid dienone is 3. The molecule has 3 rings (SSSR count). The zero-order valence-electron chi connectivity index (χ0n) is 22.7. The molecule has 0 bridgehead atoms. The summed E-state index contributed by atoms with van der Waals surface area (Å²) in [6.45, 7) is 11.0. The van der Waals surface area contributed by atoms with Crippen LogP contribution in [0.2, 0.25) is 0 Å². The molecule has 0 spiro atoms. The zero-order chi connectivity index (χ0) is 28.0. The van der Waals surface area contributed by atoms with Gasteiger partial charge in [0.1, 0.15) is 0 Å². The number of amides is 2. The summed E-state index contributed by atoms with van der Waals surface area (Å²) in [5.41, 5.74) is 4.46. The lowest BCUT2D eigenvalue weighted by Crippen LogP contribution is -2.35. The fraction of sp³-hybridized carbons (Fsp3) is 0.556. The maximum atomic E-state index is 13.4. The molecule has 38 heavy (non-hydrogen) atoms. The Hall–Kier alpha value is -3.21. The molecule has 8 nitrogen and oxygen atoms in total. The Morgan fingerprint density at radius 1 is 1.21 bits per heavy atom. The highest BCUT2D eigenvalue weighted by atomic mass is 19.4. The van der Waals surface area contributed by atoms with E-state index in [4.69, 9.17) is 4.98 Å². The second-order valence-electron chi connectivity index (χ2n) is 10.2. The van der Waals surface area contributed by atoms with Crippen LogP contribution in [0.15, 0.2) is 35.2 Å². The molecule has 11 heteroatoms. The molecule has 1 aliphatic heterocycles. The zero-order valence-corrected chi connectivity index (χ0v) is 22.7. The minimum absolute atomic E-state index is 0.00264. The molecule has 0 radical (unpaired) electrons. The molecule has 0 unspecified atom stereocenters. The summed E-state index contributed by atoms with van der Waals surface area (Å²) in [5.74, 6) is -0.200. The van der Waals surface area contributed by atoms with Crippen molar-refractivity contribution in [2.75, 3.05) is 26.2 Å². The third kappa shape index (κ3) is 7.66. The van der Waals surface area contributed by atoms with Crippen molar-refractivity contribution >= 4 is 23.4 Å². The van der Waals surface area contributed by atoms with Crippen molar-refractivity contribution in [3.8, 4) is 0 Å². The van der Waals surface area contributed by atoms with Crippen LogP contribution in [-0.2, 0) is 4.79 Å². The van der Waals surface area contributed by atoms with Gasteiger partial charge < -0.3 is 15.5 Å². The van der Waals surface area contributed by atoms with E-state index in [-0.39, 0.29) is 24.4 Å². The summed E-state index contributed by atoms with van der Waals surface area (Å²) in [5, 5.41) is 10.7. The van der Waals surface area contributed by atoms with E-state index in [1.165, 1.54) is 0 Å². The number of hydrogen-bond acceptors (Lipinski definition) is 5. The summed E-state index contributed by atoms with van der Waals surface area (Å²) < 4.78 is 39.7. The average molecular weight is 535 g/mol. The van der Waals surface area contributed by atoms with Crippen LogP contribution in [0.5, 0.6) is 0 Å². The summed E-state index contributed by atoms with van der Waals surface area (Å²) in [6, 6.07) is 1.85. The molecule has 3 heterocycles. The summed E-state index contributed by atoms with van der Waals surface area (Å²) in [4.78, 5) is 30.7. The highest BCUT2D eigenvalue weighted by molar-refractivity contribution is 6.05. The maximum Gasteiger partial charge on any atom is 0.390 e. The number of rotatable bonds is 10. The van der Waals surface area contributed by atoms with Crippen LogP contribution in [0.3, 0.4) is 0 Å². The number of carbonyl (C=O) groups excluding carboxylic acids is 2. The molecule has 2 aromatic heterocycles. The van der Waals surface area contributed by atoms with E-state index in [1.54, 1.807) is 17.8 Å². The lowest BCUT2D eigenvalue weighted by Gasteiger charge is -2.32. The molecule has 2 aromatic rings. The molecule has 1 fully saturated rings. The van der Waals surface area contributed by atoms with Gasteiger partial charge in [0.15, 0.2) is 5.65 Å². The number of nitrogens with zero attached hydrogens (tertiary/aromatic N) is 4. The van der Waals surface area contributed by atoms with Crippen LogP contribution in [0.25, 0.3) is 11.0 Å². The van der Waals surface area contributed by atoms with Crippen molar-refractivity contribution in [3.63, 3.8) is 0 Å². The fourth-order valence-corrected chi connectivity index (χ4v) is 4.58. The first-order valence-corrected chi connectivity index (χ1v) is 12.9. The minimum atomic E-state index is -4.16. The monoisotopic (exact) mass is 534 g/mol. The molecule has 0 atom stereocenters. The minimum Gasteiger partial charge on any atom is -0.348 e. The maximum absolute atomic E-state index is 13.4. The van der Waals surface area contributed by atoms with E-state index in [9.17, 15) is 22.8 Å². The van der Waals surface area contributed by atoms with Crippen molar-refractivity contribution in [2.45, 2.75) is 72.0 Å². The first-order chi connectivity index (χ1) is 17.9. The lowest BCUT2D eigenvalue weighted by atomic mass is 9.91. The van der Waals surface area contributed by atoms with Crippen molar-refractivity contribution in [2.24, 2.45) is 0 Å². The Balaban J connectivity index is 1.82. The SMILES string of the molecule is C/C(=C/C(C)=C(\C)CNC(=O)c1cc(C2CCN(CCC(F)(F)F)CC2)nc2c1cnn2C(C)C)NC=O. The van der Waals surface area contributed by atoms with E-state index in [0.717, 1.165) is 16.8 Å². The Morgan fingerprint density at radius 3 is 2.50 bits per heavy atom. The van der Waals surface area contributed by atoms with Gasteiger partial charge >= 0.3 is 6.18 Å². The van der Waals surface area contributed by atoms with Gasteiger partial charge in [-0.2, -0.15) is 18.3 Å². The van der Waals surface area contributed by atoms with Gasteiger partial charge in [-0.05, 0) is 78.3 Å². The van der Waals surface area contributed by atoms with Crippen LogP contribution in [0.1, 0.15) is 81.9 Å². The number of fused-ring (bicyclic) bond motifs is 1. The first kappa shape index (κ1) is 29.3. The quantitative estimate of drug-likeness (QED) is 0.336. The number of piperidine rings is 1. The highest BCUT2D eigenvalue weighted by Crippen LogP contribution is 2.31. The van der Waals surface area contributed by atoms with Gasteiger partial charge in [0.25, 0.3) is 5.91 Å². The molecule has 2 amide bonds. The lowest BCUT2D eigenvalue weighted by molar-refractivity contribution is -0.138. The number of aromatic nitrogens is 3. The van der Waals surface area contributed by atoms with Gasteiger partial charge in [0.2, 0.25) is 6.41 Å². The molecule has 1 saturated heterocycles. The van der Waals surface area contributed by atoms with Crippen LogP contribution >= 0.6 is 0 Å². The summed E-state index contributed by atoms with van der Waals surface area (Å²) in [6.07, 6.45) is 0.499. The standard InChI is InChI=1S/C27H37F3N6O2/c1-17(2)36-25-23(15-33-36)22(26(38)31-14-19(4)18(3)12-20(5)32-16-37)13-24(34-25)21-6-9-35(10-7-21)11-8-27(28,29)30/h12-13,15-17,21H,6-11,14H2,1-5H3,(H,31,38)(H,32,37)/b19-18+,20-12-. The molecule has 2 N–H and O–H groups in total. The summed E-state index contributed by atoms with van der Waals surface area (Å²) >= 11 is 0. The molecular weight excluding hydrogens is 497 g/mol. The summed E-state index contributed by atoms with van der Waals surface area (Å²) in [7, 11) is 0. The van der Waals surface area contributed by atoms with E-state index in [0.29, 0.717) is 61.2 Å². The topological polar surface area (TPSA) is 92.2 Å². The van der Waals surface area contributed by atoms with E-state index in [1.807, 2.05) is 44.7 Å². The Kier molecular flexibility index (Phi) is 9.70. The van der Waals surface area contributed by atoms with Gasteiger partial charge in [-0.3, -0.25) is 9.59 Å². The largest absolute Gasteiger partial charge is 0.390 e. The van der Waals surface area contributed by atoms with E-state index >= 15 is 0 Å². The number of halogens is 3. The predicted molar refractivity (Wildman–Crippen MR) is 141 cm³/mol. The number of carbonyl (C=O) groups is 2. The number of pyridine rings is 1. The first-order valence-electron chi connectivity index (χ1n) is 12.9. The van der Waals surface area contributed by atoms with E-state index in [2.05, 4.69) is 15.7 Å². The number of likely N-dealkylation sites (tertiary alicyclic amines) is 1. The number of alkyl halides is 3. The molecule has 0 saturated carbocycles. The number of hydrogen-bond donors (Lipinski definition) is 2. The second kappa shape index (κ2) is 12.6. The third-order valence-electron chi connectivity index (χ3n) is 6.94. The molecule has 0 aliphatic carbocycles. The molecule has 208 valence electrons. The van der Waals surface area contributed by atoms with Gasteiger partial charge in [0.05, 0.1) is 23.6 Å².